The molecule has 30 heavy (non-hydrogen) atoms. The fourth-order valence-corrected chi connectivity index (χ4v) is 4.83. The molecule has 0 spiro atoms. The lowest BCUT2D eigenvalue weighted by Crippen LogP contribution is -2.45. The van der Waals surface area contributed by atoms with Gasteiger partial charge in [0.1, 0.15) is 16.5 Å². The average molecular weight is 438 g/mol. The SMILES string of the molecule is N[C@@H](CC(=O)N1CCC[C@H]1CNS(=O)(=O)c1ccccc1F)Cc1ccccc1F. The van der Waals surface area contributed by atoms with E-state index < -0.39 is 26.8 Å². The Labute approximate surface area is 175 Å². The van der Waals surface area contributed by atoms with Crippen LogP contribution in [0.4, 0.5) is 8.78 Å². The summed E-state index contributed by atoms with van der Waals surface area (Å²) in [5, 5.41) is 0. The molecule has 1 amide bonds. The number of carbonyl (C=O) groups excluding carboxylic acids is 1. The summed E-state index contributed by atoms with van der Waals surface area (Å²) in [7, 11) is -4.03. The predicted octanol–water partition coefficient (Wildman–Crippen LogP) is 2.19. The zero-order valence-electron chi connectivity index (χ0n) is 16.4. The van der Waals surface area contributed by atoms with Gasteiger partial charge in [0.15, 0.2) is 0 Å². The van der Waals surface area contributed by atoms with Crippen molar-refractivity contribution in [3.8, 4) is 0 Å². The maximum Gasteiger partial charge on any atom is 0.243 e. The van der Waals surface area contributed by atoms with Gasteiger partial charge in [0.25, 0.3) is 0 Å². The molecule has 1 aliphatic rings. The molecule has 0 saturated carbocycles. The van der Waals surface area contributed by atoms with Crippen LogP contribution in [0.1, 0.15) is 24.8 Å². The molecule has 3 rings (SSSR count). The number of hydrogen-bond donors (Lipinski definition) is 2. The van der Waals surface area contributed by atoms with E-state index in [1.807, 2.05) is 0 Å². The van der Waals surface area contributed by atoms with Crippen molar-refractivity contribution < 1.29 is 22.0 Å². The minimum absolute atomic E-state index is 0.00897. The molecule has 162 valence electrons. The van der Waals surface area contributed by atoms with Crippen molar-refractivity contribution in [3.05, 3.63) is 65.7 Å². The number of hydrogen-bond acceptors (Lipinski definition) is 4. The minimum Gasteiger partial charge on any atom is -0.338 e. The quantitative estimate of drug-likeness (QED) is 0.662. The Morgan fingerprint density at radius 1 is 1.13 bits per heavy atom. The van der Waals surface area contributed by atoms with Gasteiger partial charge in [0, 0.05) is 31.6 Å². The Balaban J connectivity index is 1.58. The lowest BCUT2D eigenvalue weighted by molar-refractivity contribution is -0.132. The standard InChI is InChI=1S/C21H25F2N3O3S/c22-18-8-2-1-6-15(18)12-16(24)13-21(27)26-11-5-7-17(26)14-25-30(28,29)20-10-4-3-9-19(20)23/h1-4,6,8-10,16-17,25H,5,7,11-14,24H2/t16-,17+/m1/s1. The number of nitrogens with two attached hydrogens (primary N) is 1. The zero-order valence-corrected chi connectivity index (χ0v) is 17.2. The van der Waals surface area contributed by atoms with Gasteiger partial charge in [-0.3, -0.25) is 4.79 Å². The van der Waals surface area contributed by atoms with E-state index >= 15 is 0 Å². The third-order valence-corrected chi connectivity index (χ3v) is 6.67. The third kappa shape index (κ3) is 5.41. The normalized spacial score (nSPS) is 17.8. The molecule has 9 heteroatoms. The summed E-state index contributed by atoms with van der Waals surface area (Å²) < 4.78 is 54.8. The van der Waals surface area contributed by atoms with Crippen LogP contribution in [0.25, 0.3) is 0 Å². The van der Waals surface area contributed by atoms with E-state index in [2.05, 4.69) is 4.72 Å². The van der Waals surface area contributed by atoms with Gasteiger partial charge < -0.3 is 10.6 Å². The van der Waals surface area contributed by atoms with Crippen molar-refractivity contribution in [1.29, 1.82) is 0 Å². The van der Waals surface area contributed by atoms with Crippen molar-refractivity contribution >= 4 is 15.9 Å². The number of carbonyl (C=O) groups is 1. The van der Waals surface area contributed by atoms with Gasteiger partial charge in [-0.1, -0.05) is 30.3 Å². The third-order valence-electron chi connectivity index (χ3n) is 5.21. The van der Waals surface area contributed by atoms with Crippen LogP contribution in [-0.4, -0.2) is 44.4 Å². The summed E-state index contributed by atoms with van der Waals surface area (Å²) in [4.78, 5) is 13.9. The summed E-state index contributed by atoms with van der Waals surface area (Å²) >= 11 is 0. The lowest BCUT2D eigenvalue weighted by Gasteiger charge is -2.26. The van der Waals surface area contributed by atoms with Crippen molar-refractivity contribution in [2.24, 2.45) is 5.73 Å². The first-order valence-corrected chi connectivity index (χ1v) is 11.3. The Bertz CT molecular complexity index is 1000. The Morgan fingerprint density at radius 3 is 2.50 bits per heavy atom. The molecular formula is C21H25F2N3O3S. The van der Waals surface area contributed by atoms with E-state index in [1.165, 1.54) is 24.3 Å². The summed E-state index contributed by atoms with van der Waals surface area (Å²) in [5.41, 5.74) is 6.51. The summed E-state index contributed by atoms with van der Waals surface area (Å²) in [6.07, 6.45) is 1.64. The second-order valence-corrected chi connectivity index (χ2v) is 9.16. The molecule has 6 nitrogen and oxygen atoms in total. The van der Waals surface area contributed by atoms with Gasteiger partial charge >= 0.3 is 0 Å². The number of sulfonamides is 1. The Kier molecular flexibility index (Phi) is 7.17. The molecule has 3 N–H and O–H groups in total. The van der Waals surface area contributed by atoms with Gasteiger partial charge in [-0.05, 0) is 43.0 Å². The van der Waals surface area contributed by atoms with Crippen LogP contribution in [0.3, 0.4) is 0 Å². The van der Waals surface area contributed by atoms with Crippen LogP contribution in [0.5, 0.6) is 0 Å². The van der Waals surface area contributed by atoms with E-state index in [1.54, 1.807) is 23.1 Å². The smallest absolute Gasteiger partial charge is 0.243 e. The van der Waals surface area contributed by atoms with E-state index in [9.17, 15) is 22.0 Å². The molecule has 0 unspecified atom stereocenters. The first kappa shape index (κ1) is 22.3. The second kappa shape index (κ2) is 9.63. The van der Waals surface area contributed by atoms with Crippen LogP contribution in [0.15, 0.2) is 53.4 Å². The topological polar surface area (TPSA) is 92.5 Å². The number of rotatable bonds is 8. The Morgan fingerprint density at radius 2 is 1.80 bits per heavy atom. The molecule has 2 aromatic carbocycles. The molecule has 1 fully saturated rings. The first-order valence-electron chi connectivity index (χ1n) is 9.80. The molecular weight excluding hydrogens is 412 g/mol. The van der Waals surface area contributed by atoms with Crippen LogP contribution in [-0.2, 0) is 21.2 Å². The molecule has 0 radical (unpaired) electrons. The van der Waals surface area contributed by atoms with Gasteiger partial charge in [0.05, 0.1) is 0 Å². The van der Waals surface area contributed by atoms with Crippen LogP contribution in [0, 0.1) is 11.6 Å². The monoisotopic (exact) mass is 437 g/mol. The highest BCUT2D eigenvalue weighted by molar-refractivity contribution is 7.89. The van der Waals surface area contributed by atoms with Gasteiger partial charge in [-0.15, -0.1) is 0 Å². The number of likely N-dealkylation sites (tertiary alicyclic amines) is 1. The fourth-order valence-electron chi connectivity index (χ4n) is 3.68. The van der Waals surface area contributed by atoms with Gasteiger partial charge in [-0.2, -0.15) is 0 Å². The summed E-state index contributed by atoms with van der Waals surface area (Å²) in [6, 6.07) is 10.5. The summed E-state index contributed by atoms with van der Waals surface area (Å²) in [5.74, 6) is -1.39. The molecule has 2 aromatic rings. The van der Waals surface area contributed by atoms with E-state index in [4.69, 9.17) is 5.73 Å². The highest BCUT2D eigenvalue weighted by Crippen LogP contribution is 2.20. The minimum atomic E-state index is -4.03. The highest BCUT2D eigenvalue weighted by atomic mass is 32.2. The molecule has 0 aliphatic carbocycles. The maximum absolute atomic E-state index is 13.8. The van der Waals surface area contributed by atoms with Gasteiger partial charge in [0.2, 0.25) is 15.9 Å². The van der Waals surface area contributed by atoms with E-state index in [0.29, 0.717) is 18.5 Å². The number of nitrogens with zero attached hydrogens (tertiary/aromatic N) is 1. The fraction of sp³-hybridized carbons (Fsp3) is 0.381. The number of benzene rings is 2. The first-order chi connectivity index (χ1) is 14.3. The molecule has 2 atom stereocenters. The van der Waals surface area contributed by atoms with Crippen molar-refractivity contribution in [2.45, 2.75) is 42.7 Å². The lowest BCUT2D eigenvalue weighted by atomic mass is 10.0. The predicted molar refractivity (Wildman–Crippen MR) is 109 cm³/mol. The highest BCUT2D eigenvalue weighted by Gasteiger charge is 2.31. The largest absolute Gasteiger partial charge is 0.338 e. The Hall–Kier alpha value is -2.36. The average Bonchev–Trinajstić information content (AvgIpc) is 3.17. The van der Waals surface area contributed by atoms with Crippen LogP contribution >= 0.6 is 0 Å². The van der Waals surface area contributed by atoms with E-state index in [0.717, 1.165) is 12.5 Å². The summed E-state index contributed by atoms with van der Waals surface area (Å²) in [6.45, 7) is 0.488. The molecule has 1 saturated heterocycles. The molecule has 0 aromatic heterocycles. The number of halogens is 2. The molecule has 1 heterocycles. The second-order valence-electron chi connectivity index (χ2n) is 7.43. The van der Waals surface area contributed by atoms with Crippen molar-refractivity contribution in [2.75, 3.05) is 13.1 Å². The molecule has 1 aliphatic heterocycles. The molecule has 0 bridgehead atoms. The van der Waals surface area contributed by atoms with Gasteiger partial charge in [-0.25, -0.2) is 21.9 Å². The maximum atomic E-state index is 13.8. The number of nitrogens with one attached hydrogen (secondary N) is 1. The van der Waals surface area contributed by atoms with Crippen LogP contribution in [0.2, 0.25) is 0 Å². The van der Waals surface area contributed by atoms with E-state index in [-0.39, 0.29) is 37.2 Å². The van der Waals surface area contributed by atoms with Crippen LogP contribution < -0.4 is 10.5 Å². The zero-order chi connectivity index (χ0) is 21.7. The van der Waals surface area contributed by atoms with Crippen molar-refractivity contribution in [3.63, 3.8) is 0 Å². The number of amides is 1. The van der Waals surface area contributed by atoms with Crippen molar-refractivity contribution in [1.82, 2.24) is 9.62 Å².